The number of carbonyl (C=O) groups excluding carboxylic acids is 1. The molecule has 0 aliphatic rings. The Bertz CT molecular complexity index is 445. The van der Waals surface area contributed by atoms with Gasteiger partial charge in [0.2, 0.25) is 0 Å². The van der Waals surface area contributed by atoms with Crippen LogP contribution in [0.2, 0.25) is 0 Å². The maximum absolute atomic E-state index is 12.3. The van der Waals surface area contributed by atoms with Gasteiger partial charge in [-0.15, -0.1) is 0 Å². The Balaban J connectivity index is 3.89. The highest BCUT2D eigenvalue weighted by atomic mass is 16.5. The molecule has 0 aromatic carbocycles. The van der Waals surface area contributed by atoms with E-state index in [0.717, 1.165) is 44.9 Å². The molecule has 0 aliphatic heterocycles. The van der Waals surface area contributed by atoms with Gasteiger partial charge in [0.15, 0.2) is 0 Å². The summed E-state index contributed by atoms with van der Waals surface area (Å²) in [6.45, 7) is 4.42. The highest BCUT2D eigenvalue weighted by Gasteiger charge is 2.14. The van der Waals surface area contributed by atoms with Gasteiger partial charge in [0.25, 0.3) is 0 Å². The number of carboxylic acid groups (broad SMARTS) is 1. The van der Waals surface area contributed by atoms with Crippen molar-refractivity contribution in [2.75, 3.05) is 0 Å². The second kappa shape index (κ2) is 23.3. The van der Waals surface area contributed by atoms with Crippen LogP contribution in [0.15, 0.2) is 12.2 Å². The van der Waals surface area contributed by atoms with Crippen molar-refractivity contribution in [1.29, 1.82) is 0 Å². The van der Waals surface area contributed by atoms with Gasteiger partial charge in [-0.2, -0.15) is 0 Å². The first-order valence-electron chi connectivity index (χ1n) is 13.2. The smallest absolute Gasteiger partial charge is 0.306 e. The van der Waals surface area contributed by atoms with E-state index in [1.165, 1.54) is 64.2 Å². The highest BCUT2D eigenvalue weighted by molar-refractivity contribution is 5.69. The predicted octanol–water partition coefficient (Wildman–Crippen LogP) is 8.38. The lowest BCUT2D eigenvalue weighted by Crippen LogP contribution is -2.18. The Kier molecular flexibility index (Phi) is 22.4. The largest absolute Gasteiger partial charge is 0.481 e. The number of rotatable bonds is 23. The Morgan fingerprint density at radius 1 is 0.677 bits per heavy atom. The molecule has 0 saturated heterocycles. The van der Waals surface area contributed by atoms with E-state index in [1.54, 1.807) is 0 Å². The molecule has 0 aliphatic carbocycles. The number of unbranched alkanes of at least 4 members (excludes halogenated alkanes) is 12. The highest BCUT2D eigenvalue weighted by Crippen LogP contribution is 2.17. The summed E-state index contributed by atoms with van der Waals surface area (Å²) < 4.78 is 5.79. The number of hydrogen-bond acceptors (Lipinski definition) is 3. The minimum absolute atomic E-state index is 0.00804. The van der Waals surface area contributed by atoms with Crippen LogP contribution in [-0.4, -0.2) is 23.1 Å². The monoisotopic (exact) mass is 438 g/mol. The third-order valence-electron chi connectivity index (χ3n) is 5.74. The SMILES string of the molecule is CCCC/C=C\CCCCCCCC(=O)OC(CCCCCC)CCCCCC(=O)O. The first-order valence-corrected chi connectivity index (χ1v) is 13.2. The molecule has 31 heavy (non-hydrogen) atoms. The third kappa shape index (κ3) is 23.2. The predicted molar refractivity (Wildman–Crippen MR) is 130 cm³/mol. The lowest BCUT2D eigenvalue weighted by atomic mass is 10.0. The molecule has 1 N–H and O–H groups in total. The normalized spacial score (nSPS) is 12.3. The summed E-state index contributed by atoms with van der Waals surface area (Å²) in [5, 5.41) is 8.74. The van der Waals surface area contributed by atoms with Crippen LogP contribution in [0, 0.1) is 0 Å². The molecular formula is C27H50O4. The summed E-state index contributed by atoms with van der Waals surface area (Å²) in [5.74, 6) is -0.782. The van der Waals surface area contributed by atoms with Gasteiger partial charge in [-0.1, -0.05) is 83.8 Å². The van der Waals surface area contributed by atoms with Crippen LogP contribution in [0.5, 0.6) is 0 Å². The lowest BCUT2D eigenvalue weighted by Gasteiger charge is -2.18. The van der Waals surface area contributed by atoms with Crippen molar-refractivity contribution < 1.29 is 19.4 Å². The molecule has 4 heteroatoms. The maximum atomic E-state index is 12.3. The van der Waals surface area contributed by atoms with Crippen LogP contribution in [0.3, 0.4) is 0 Å². The Morgan fingerprint density at radius 2 is 1.19 bits per heavy atom. The number of aliphatic carboxylic acids is 1. The number of carboxylic acids is 1. The number of ether oxygens (including phenoxy) is 1. The number of allylic oxidation sites excluding steroid dienone is 2. The van der Waals surface area contributed by atoms with Gasteiger partial charge in [0.1, 0.15) is 6.10 Å². The number of esters is 1. The zero-order valence-corrected chi connectivity index (χ0v) is 20.5. The molecule has 0 spiro atoms. The minimum Gasteiger partial charge on any atom is -0.481 e. The fourth-order valence-electron chi connectivity index (χ4n) is 3.75. The van der Waals surface area contributed by atoms with Crippen molar-refractivity contribution in [2.24, 2.45) is 0 Å². The summed E-state index contributed by atoms with van der Waals surface area (Å²) in [6.07, 6.45) is 25.1. The molecule has 0 amide bonds. The van der Waals surface area contributed by atoms with Crippen molar-refractivity contribution in [1.82, 2.24) is 0 Å². The van der Waals surface area contributed by atoms with E-state index in [-0.39, 0.29) is 18.5 Å². The van der Waals surface area contributed by atoms with Gasteiger partial charge >= 0.3 is 11.9 Å². The van der Waals surface area contributed by atoms with Crippen LogP contribution in [0.1, 0.15) is 142 Å². The van der Waals surface area contributed by atoms with Crippen molar-refractivity contribution in [3.05, 3.63) is 12.2 Å². The van der Waals surface area contributed by atoms with E-state index in [0.29, 0.717) is 12.8 Å². The van der Waals surface area contributed by atoms with Crippen molar-refractivity contribution in [2.45, 2.75) is 148 Å². The van der Waals surface area contributed by atoms with Gasteiger partial charge in [-0.05, 0) is 57.8 Å². The lowest BCUT2D eigenvalue weighted by molar-refractivity contribution is -0.150. The zero-order valence-electron chi connectivity index (χ0n) is 20.5. The molecule has 182 valence electrons. The summed E-state index contributed by atoms with van der Waals surface area (Å²) in [4.78, 5) is 22.9. The van der Waals surface area contributed by atoms with E-state index in [9.17, 15) is 9.59 Å². The first-order chi connectivity index (χ1) is 15.1. The molecule has 0 saturated carbocycles. The summed E-state index contributed by atoms with van der Waals surface area (Å²) >= 11 is 0. The van der Waals surface area contributed by atoms with E-state index in [2.05, 4.69) is 26.0 Å². The molecular weight excluding hydrogens is 388 g/mol. The van der Waals surface area contributed by atoms with Crippen LogP contribution in [0.4, 0.5) is 0 Å². The topological polar surface area (TPSA) is 63.6 Å². The van der Waals surface area contributed by atoms with Gasteiger partial charge < -0.3 is 9.84 Å². The van der Waals surface area contributed by atoms with Crippen LogP contribution in [0.25, 0.3) is 0 Å². The van der Waals surface area contributed by atoms with Crippen LogP contribution in [-0.2, 0) is 14.3 Å². The van der Waals surface area contributed by atoms with E-state index >= 15 is 0 Å². The van der Waals surface area contributed by atoms with Crippen molar-refractivity contribution in [3.63, 3.8) is 0 Å². The minimum atomic E-state index is -0.731. The van der Waals surface area contributed by atoms with E-state index < -0.39 is 5.97 Å². The molecule has 4 nitrogen and oxygen atoms in total. The standard InChI is InChI=1S/C27H50O4/c1-3-5-7-9-10-11-12-13-14-15-20-24-27(30)31-25(21-17-8-6-4-2)22-18-16-19-23-26(28)29/h9-10,25H,3-8,11-24H2,1-2H3,(H,28,29)/b10-9-. The quantitative estimate of drug-likeness (QED) is 0.0988. The van der Waals surface area contributed by atoms with E-state index in [1.807, 2.05) is 0 Å². The Morgan fingerprint density at radius 3 is 1.84 bits per heavy atom. The molecule has 0 heterocycles. The molecule has 0 aromatic heterocycles. The summed E-state index contributed by atoms with van der Waals surface area (Å²) in [7, 11) is 0. The number of carbonyl (C=O) groups is 2. The molecule has 0 radical (unpaired) electrons. The molecule has 0 fully saturated rings. The first kappa shape index (κ1) is 29.7. The third-order valence-corrected chi connectivity index (χ3v) is 5.74. The molecule has 1 unspecified atom stereocenters. The zero-order chi connectivity index (χ0) is 23.0. The van der Waals surface area contributed by atoms with Gasteiger partial charge in [-0.3, -0.25) is 9.59 Å². The van der Waals surface area contributed by atoms with Gasteiger partial charge in [0.05, 0.1) is 0 Å². The second-order valence-electron chi connectivity index (χ2n) is 8.87. The van der Waals surface area contributed by atoms with Gasteiger partial charge in [0, 0.05) is 12.8 Å². The Hall–Kier alpha value is -1.32. The van der Waals surface area contributed by atoms with Gasteiger partial charge in [-0.25, -0.2) is 0 Å². The second-order valence-corrected chi connectivity index (χ2v) is 8.87. The van der Waals surface area contributed by atoms with Crippen molar-refractivity contribution in [3.8, 4) is 0 Å². The van der Waals surface area contributed by atoms with Crippen molar-refractivity contribution >= 4 is 11.9 Å². The average Bonchev–Trinajstić information content (AvgIpc) is 2.74. The fourth-order valence-corrected chi connectivity index (χ4v) is 3.75. The molecule has 0 rings (SSSR count). The average molecular weight is 439 g/mol. The molecule has 1 atom stereocenters. The summed E-state index contributed by atoms with van der Waals surface area (Å²) in [5.41, 5.74) is 0. The molecule has 0 aromatic rings. The molecule has 0 bridgehead atoms. The fraction of sp³-hybridized carbons (Fsp3) is 0.852. The summed E-state index contributed by atoms with van der Waals surface area (Å²) in [6, 6.07) is 0. The van der Waals surface area contributed by atoms with Crippen LogP contribution >= 0.6 is 0 Å². The maximum Gasteiger partial charge on any atom is 0.306 e. The number of hydrogen-bond donors (Lipinski definition) is 1. The van der Waals surface area contributed by atoms with Crippen LogP contribution < -0.4 is 0 Å². The Labute approximate surface area is 192 Å². The van der Waals surface area contributed by atoms with E-state index in [4.69, 9.17) is 9.84 Å².